The maximum atomic E-state index is 3.94. The van der Waals surface area contributed by atoms with E-state index in [1.807, 2.05) is 0 Å². The van der Waals surface area contributed by atoms with Crippen LogP contribution in [0.1, 0.15) is 45.1 Å². The summed E-state index contributed by atoms with van der Waals surface area (Å²) in [5.74, 6) is 1.59. The molecule has 0 aromatic heterocycles. The first-order chi connectivity index (χ1) is 10.7. The topological polar surface area (TPSA) is 24.1 Å². The van der Waals surface area contributed by atoms with Crippen LogP contribution < -0.4 is 10.6 Å². The zero-order valence-corrected chi connectivity index (χ0v) is 14.1. The van der Waals surface area contributed by atoms with Gasteiger partial charge < -0.3 is 10.6 Å². The second-order valence-corrected chi connectivity index (χ2v) is 7.14. The van der Waals surface area contributed by atoms with Crippen LogP contribution >= 0.6 is 0 Å². The summed E-state index contributed by atoms with van der Waals surface area (Å²) in [7, 11) is 0. The fourth-order valence-electron chi connectivity index (χ4n) is 3.96. The standard InChI is InChI=1S/C20H30N2/c1-3-20(22-15-18-9-11-21-12-10-18)14-19(20)16(2)13-17-7-5-4-6-8-17/h4-8,13,18-19,21-22H,3,9-12,14-15H2,1-2H3/b16-13+. The summed E-state index contributed by atoms with van der Waals surface area (Å²) in [6.07, 6.45) is 7.58. The molecule has 1 aliphatic heterocycles. The summed E-state index contributed by atoms with van der Waals surface area (Å²) in [6.45, 7) is 8.24. The van der Waals surface area contributed by atoms with Crippen molar-refractivity contribution in [2.45, 2.75) is 45.1 Å². The summed E-state index contributed by atoms with van der Waals surface area (Å²) in [5, 5.41) is 7.40. The predicted molar refractivity (Wildman–Crippen MR) is 94.8 cm³/mol. The minimum atomic E-state index is 0.375. The molecule has 1 heterocycles. The van der Waals surface area contributed by atoms with E-state index < -0.39 is 0 Å². The fourth-order valence-corrected chi connectivity index (χ4v) is 3.96. The van der Waals surface area contributed by atoms with Crippen molar-refractivity contribution < 1.29 is 0 Å². The van der Waals surface area contributed by atoms with Gasteiger partial charge in [0.25, 0.3) is 0 Å². The van der Waals surface area contributed by atoms with Gasteiger partial charge in [0, 0.05) is 5.54 Å². The molecule has 0 amide bonds. The molecule has 2 unspecified atom stereocenters. The van der Waals surface area contributed by atoms with Gasteiger partial charge in [0.2, 0.25) is 0 Å². The van der Waals surface area contributed by atoms with Crippen LogP contribution in [0.3, 0.4) is 0 Å². The molecule has 1 aliphatic carbocycles. The van der Waals surface area contributed by atoms with Crippen LogP contribution in [0.2, 0.25) is 0 Å². The van der Waals surface area contributed by atoms with Crippen molar-refractivity contribution in [2.24, 2.45) is 11.8 Å². The van der Waals surface area contributed by atoms with E-state index >= 15 is 0 Å². The minimum Gasteiger partial charge on any atom is -0.317 e. The molecule has 2 aliphatic rings. The molecule has 3 rings (SSSR count). The molecule has 2 fully saturated rings. The number of hydrogen-bond donors (Lipinski definition) is 2. The van der Waals surface area contributed by atoms with E-state index in [9.17, 15) is 0 Å². The van der Waals surface area contributed by atoms with Gasteiger partial charge in [-0.05, 0) is 69.6 Å². The fraction of sp³-hybridized carbons (Fsp3) is 0.600. The van der Waals surface area contributed by atoms with Crippen LogP contribution in [0, 0.1) is 11.8 Å². The number of piperidine rings is 1. The molecule has 1 aromatic carbocycles. The van der Waals surface area contributed by atoms with Gasteiger partial charge in [-0.25, -0.2) is 0 Å². The summed E-state index contributed by atoms with van der Waals surface area (Å²) in [5.41, 5.74) is 3.24. The Morgan fingerprint density at radius 3 is 2.68 bits per heavy atom. The van der Waals surface area contributed by atoms with Gasteiger partial charge in [-0.3, -0.25) is 0 Å². The van der Waals surface area contributed by atoms with Gasteiger partial charge in [-0.15, -0.1) is 0 Å². The van der Waals surface area contributed by atoms with E-state index in [0.717, 1.165) is 11.8 Å². The molecular weight excluding hydrogens is 268 g/mol. The molecular formula is C20H30N2. The lowest BCUT2D eigenvalue weighted by Crippen LogP contribution is -2.40. The lowest BCUT2D eigenvalue weighted by molar-refractivity contribution is 0.325. The first-order valence-corrected chi connectivity index (χ1v) is 8.92. The Morgan fingerprint density at radius 2 is 2.00 bits per heavy atom. The van der Waals surface area contributed by atoms with Gasteiger partial charge in [0.15, 0.2) is 0 Å². The van der Waals surface area contributed by atoms with Crippen LogP contribution in [-0.4, -0.2) is 25.2 Å². The first-order valence-electron chi connectivity index (χ1n) is 8.92. The third-order valence-electron chi connectivity index (χ3n) is 5.65. The van der Waals surface area contributed by atoms with Gasteiger partial charge >= 0.3 is 0 Å². The molecule has 2 N–H and O–H groups in total. The third kappa shape index (κ3) is 3.61. The molecule has 1 saturated heterocycles. The lowest BCUT2D eigenvalue weighted by atomic mass is 9.96. The molecule has 22 heavy (non-hydrogen) atoms. The van der Waals surface area contributed by atoms with Crippen molar-refractivity contribution in [2.75, 3.05) is 19.6 Å². The molecule has 1 saturated carbocycles. The van der Waals surface area contributed by atoms with Crippen molar-refractivity contribution in [3.05, 3.63) is 41.5 Å². The van der Waals surface area contributed by atoms with Crippen molar-refractivity contribution in [1.82, 2.24) is 10.6 Å². The van der Waals surface area contributed by atoms with E-state index in [0.29, 0.717) is 5.54 Å². The van der Waals surface area contributed by atoms with Gasteiger partial charge in [-0.1, -0.05) is 48.9 Å². The van der Waals surface area contributed by atoms with E-state index in [-0.39, 0.29) is 0 Å². The SMILES string of the molecule is CCC1(NCC2CCNCC2)CC1/C(C)=C/c1ccccc1. The molecule has 2 atom stereocenters. The van der Waals surface area contributed by atoms with Crippen LogP contribution in [0.4, 0.5) is 0 Å². The molecule has 0 bridgehead atoms. The Kier molecular flexibility index (Phi) is 5.00. The average Bonchev–Trinajstić information content (AvgIpc) is 3.30. The Balaban J connectivity index is 1.57. The Bertz CT molecular complexity index is 502. The summed E-state index contributed by atoms with van der Waals surface area (Å²) in [6, 6.07) is 10.7. The van der Waals surface area contributed by atoms with Crippen LogP contribution in [0.15, 0.2) is 35.9 Å². The Hall–Kier alpha value is -1.12. The molecule has 1 aromatic rings. The second-order valence-electron chi connectivity index (χ2n) is 7.14. The van der Waals surface area contributed by atoms with E-state index in [4.69, 9.17) is 0 Å². The van der Waals surface area contributed by atoms with Crippen LogP contribution in [-0.2, 0) is 0 Å². The van der Waals surface area contributed by atoms with Gasteiger partial charge in [0.1, 0.15) is 0 Å². The minimum absolute atomic E-state index is 0.375. The average molecular weight is 298 g/mol. The highest BCUT2D eigenvalue weighted by molar-refractivity contribution is 5.54. The normalized spacial score (nSPS) is 29.5. The highest BCUT2D eigenvalue weighted by Crippen LogP contribution is 2.51. The molecule has 120 valence electrons. The number of rotatable bonds is 6. The number of nitrogens with one attached hydrogen (secondary N) is 2. The van der Waals surface area contributed by atoms with Crippen molar-refractivity contribution in [1.29, 1.82) is 0 Å². The molecule has 0 radical (unpaired) electrons. The predicted octanol–water partition coefficient (Wildman–Crippen LogP) is 3.85. The number of benzene rings is 1. The maximum Gasteiger partial charge on any atom is 0.0251 e. The number of hydrogen-bond acceptors (Lipinski definition) is 2. The zero-order valence-electron chi connectivity index (χ0n) is 14.1. The summed E-state index contributed by atoms with van der Waals surface area (Å²) < 4.78 is 0. The van der Waals surface area contributed by atoms with Gasteiger partial charge in [-0.2, -0.15) is 0 Å². The van der Waals surface area contributed by atoms with E-state index in [1.54, 1.807) is 0 Å². The third-order valence-corrected chi connectivity index (χ3v) is 5.65. The van der Waals surface area contributed by atoms with Crippen LogP contribution in [0.5, 0.6) is 0 Å². The molecule has 2 heteroatoms. The monoisotopic (exact) mass is 298 g/mol. The highest BCUT2D eigenvalue weighted by Gasteiger charge is 2.52. The van der Waals surface area contributed by atoms with Gasteiger partial charge in [0.05, 0.1) is 0 Å². The maximum absolute atomic E-state index is 3.94. The quantitative estimate of drug-likeness (QED) is 0.833. The first kappa shape index (κ1) is 15.8. The molecule has 0 spiro atoms. The van der Waals surface area contributed by atoms with Crippen molar-refractivity contribution in [3.63, 3.8) is 0 Å². The second kappa shape index (κ2) is 6.97. The summed E-state index contributed by atoms with van der Waals surface area (Å²) >= 11 is 0. The molecule has 2 nitrogen and oxygen atoms in total. The van der Waals surface area contributed by atoms with Crippen molar-refractivity contribution in [3.8, 4) is 0 Å². The Labute approximate surface area is 135 Å². The largest absolute Gasteiger partial charge is 0.317 e. The van der Waals surface area contributed by atoms with E-state index in [2.05, 4.69) is 60.9 Å². The zero-order chi connectivity index (χ0) is 15.4. The summed E-state index contributed by atoms with van der Waals surface area (Å²) in [4.78, 5) is 0. The Morgan fingerprint density at radius 1 is 1.27 bits per heavy atom. The van der Waals surface area contributed by atoms with E-state index in [1.165, 1.54) is 56.5 Å². The lowest BCUT2D eigenvalue weighted by Gasteiger charge is -2.26. The van der Waals surface area contributed by atoms with Crippen molar-refractivity contribution >= 4 is 6.08 Å². The van der Waals surface area contributed by atoms with Crippen LogP contribution in [0.25, 0.3) is 6.08 Å². The highest BCUT2D eigenvalue weighted by atomic mass is 15.0. The smallest absolute Gasteiger partial charge is 0.0251 e.